The van der Waals surface area contributed by atoms with Gasteiger partial charge in [0.1, 0.15) is 18.2 Å². The highest BCUT2D eigenvalue weighted by atomic mass is 19.1. The van der Waals surface area contributed by atoms with Crippen molar-refractivity contribution in [2.75, 3.05) is 0 Å². The van der Waals surface area contributed by atoms with E-state index >= 15 is 0 Å². The van der Waals surface area contributed by atoms with Crippen molar-refractivity contribution in [1.82, 2.24) is 4.98 Å². The smallest absolute Gasteiger partial charge is 0.123 e. The van der Waals surface area contributed by atoms with Crippen molar-refractivity contribution in [2.45, 2.75) is 13.5 Å². The first-order chi connectivity index (χ1) is 12.2. The molecule has 0 spiro atoms. The van der Waals surface area contributed by atoms with Gasteiger partial charge in [0.25, 0.3) is 0 Å². The maximum atomic E-state index is 13.3. The van der Waals surface area contributed by atoms with Crippen molar-refractivity contribution < 1.29 is 9.13 Å². The van der Waals surface area contributed by atoms with Crippen LogP contribution in [0.1, 0.15) is 11.1 Å². The lowest BCUT2D eigenvalue weighted by Crippen LogP contribution is -1.94. The number of benzene rings is 3. The number of fused-ring (bicyclic) bond motifs is 1. The van der Waals surface area contributed by atoms with Gasteiger partial charge in [-0.15, -0.1) is 0 Å². The molecular weight excluding hydrogens is 313 g/mol. The molecule has 1 aromatic heterocycles. The number of ether oxygens (including phenoxy) is 1. The number of halogens is 1. The van der Waals surface area contributed by atoms with Gasteiger partial charge < -0.3 is 9.72 Å². The van der Waals surface area contributed by atoms with Gasteiger partial charge >= 0.3 is 0 Å². The van der Waals surface area contributed by atoms with Crippen LogP contribution in [0.15, 0.2) is 72.8 Å². The molecule has 0 amide bonds. The van der Waals surface area contributed by atoms with Gasteiger partial charge in [0.15, 0.2) is 0 Å². The molecule has 0 aliphatic heterocycles. The topological polar surface area (TPSA) is 25.0 Å². The predicted molar refractivity (Wildman–Crippen MR) is 99.2 cm³/mol. The quantitative estimate of drug-likeness (QED) is 0.497. The van der Waals surface area contributed by atoms with Crippen molar-refractivity contribution >= 4 is 10.9 Å². The normalized spacial score (nSPS) is 11.0. The van der Waals surface area contributed by atoms with Gasteiger partial charge in [0.2, 0.25) is 0 Å². The van der Waals surface area contributed by atoms with E-state index in [1.165, 1.54) is 6.07 Å². The lowest BCUT2D eigenvalue weighted by atomic mass is 10.1. The second kappa shape index (κ2) is 6.44. The second-order valence-corrected chi connectivity index (χ2v) is 6.17. The number of hydrogen-bond acceptors (Lipinski definition) is 1. The van der Waals surface area contributed by atoms with Crippen LogP contribution in [0.25, 0.3) is 22.2 Å². The third-order valence-corrected chi connectivity index (χ3v) is 4.32. The summed E-state index contributed by atoms with van der Waals surface area (Å²) in [6.07, 6.45) is 0. The average molecular weight is 331 g/mol. The fourth-order valence-corrected chi connectivity index (χ4v) is 3.02. The number of aromatic amines is 1. The minimum atomic E-state index is -0.214. The van der Waals surface area contributed by atoms with Gasteiger partial charge in [-0.25, -0.2) is 4.39 Å². The zero-order chi connectivity index (χ0) is 17.2. The Morgan fingerprint density at radius 2 is 1.76 bits per heavy atom. The summed E-state index contributed by atoms with van der Waals surface area (Å²) in [4.78, 5) is 3.40. The Morgan fingerprint density at radius 3 is 2.56 bits per heavy atom. The molecule has 3 heteroatoms. The number of hydrogen-bond donors (Lipinski definition) is 1. The molecule has 0 bridgehead atoms. The fourth-order valence-electron chi connectivity index (χ4n) is 3.02. The Balaban J connectivity index is 1.61. The maximum absolute atomic E-state index is 13.3. The average Bonchev–Trinajstić information content (AvgIpc) is 3.03. The SMILES string of the molecule is Cc1cc(F)ccc1-c1cc2cc(OCc3ccccc3)ccc2[nH]1. The molecule has 0 unspecified atom stereocenters. The molecule has 0 saturated heterocycles. The molecule has 124 valence electrons. The van der Waals surface area contributed by atoms with Crippen LogP contribution in [0.5, 0.6) is 5.75 Å². The summed E-state index contributed by atoms with van der Waals surface area (Å²) in [6.45, 7) is 2.46. The minimum absolute atomic E-state index is 0.214. The molecule has 0 radical (unpaired) electrons. The number of aryl methyl sites for hydroxylation is 1. The molecule has 0 aliphatic carbocycles. The van der Waals surface area contributed by atoms with E-state index in [0.717, 1.165) is 39.0 Å². The van der Waals surface area contributed by atoms with Crippen molar-refractivity contribution in [3.8, 4) is 17.0 Å². The summed E-state index contributed by atoms with van der Waals surface area (Å²) in [6, 6.07) is 23.0. The standard InChI is InChI=1S/C22H18FNO/c1-15-11-18(23)7-9-20(15)22-13-17-12-19(8-10-21(17)24-22)25-14-16-5-3-2-4-6-16/h2-13,24H,14H2,1H3. The van der Waals surface area contributed by atoms with Crippen LogP contribution >= 0.6 is 0 Å². The Labute approximate surface area is 145 Å². The van der Waals surface area contributed by atoms with Gasteiger partial charge in [-0.3, -0.25) is 0 Å². The third kappa shape index (κ3) is 3.26. The molecule has 2 nitrogen and oxygen atoms in total. The van der Waals surface area contributed by atoms with Crippen LogP contribution in [0.2, 0.25) is 0 Å². The summed E-state index contributed by atoms with van der Waals surface area (Å²) in [5, 5.41) is 1.07. The largest absolute Gasteiger partial charge is 0.489 e. The Hall–Kier alpha value is -3.07. The van der Waals surface area contributed by atoms with Crippen molar-refractivity contribution in [2.24, 2.45) is 0 Å². The fraction of sp³-hybridized carbons (Fsp3) is 0.0909. The molecule has 1 heterocycles. The van der Waals surface area contributed by atoms with Gasteiger partial charge in [-0.1, -0.05) is 30.3 Å². The van der Waals surface area contributed by atoms with E-state index in [4.69, 9.17) is 4.74 Å². The first-order valence-electron chi connectivity index (χ1n) is 8.25. The van der Waals surface area contributed by atoms with Crippen molar-refractivity contribution in [3.05, 3.63) is 89.7 Å². The van der Waals surface area contributed by atoms with Crippen LogP contribution in [0, 0.1) is 12.7 Å². The van der Waals surface area contributed by atoms with E-state index in [1.54, 1.807) is 6.07 Å². The summed E-state index contributed by atoms with van der Waals surface area (Å²) in [5.41, 5.74) is 5.06. The molecule has 0 saturated carbocycles. The maximum Gasteiger partial charge on any atom is 0.123 e. The zero-order valence-electron chi connectivity index (χ0n) is 13.9. The van der Waals surface area contributed by atoms with E-state index in [2.05, 4.69) is 11.1 Å². The van der Waals surface area contributed by atoms with E-state index < -0.39 is 0 Å². The molecule has 4 aromatic rings. The Morgan fingerprint density at radius 1 is 0.920 bits per heavy atom. The zero-order valence-corrected chi connectivity index (χ0v) is 13.9. The van der Waals surface area contributed by atoms with Crippen molar-refractivity contribution in [3.63, 3.8) is 0 Å². The Bertz CT molecular complexity index is 1020. The monoisotopic (exact) mass is 331 g/mol. The van der Waals surface area contributed by atoms with Gasteiger partial charge in [-0.2, -0.15) is 0 Å². The Kier molecular flexibility index (Phi) is 3.98. The first-order valence-corrected chi connectivity index (χ1v) is 8.25. The van der Waals surface area contributed by atoms with Crippen LogP contribution in [0.3, 0.4) is 0 Å². The van der Waals surface area contributed by atoms with E-state index in [-0.39, 0.29) is 5.82 Å². The highest BCUT2D eigenvalue weighted by molar-refractivity contribution is 5.87. The molecule has 1 N–H and O–H groups in total. The number of rotatable bonds is 4. The van der Waals surface area contributed by atoms with E-state index in [9.17, 15) is 4.39 Å². The molecule has 4 rings (SSSR count). The molecule has 0 atom stereocenters. The van der Waals surface area contributed by atoms with Crippen LogP contribution in [-0.2, 0) is 6.61 Å². The van der Waals surface area contributed by atoms with Gasteiger partial charge in [-0.05, 0) is 60.5 Å². The van der Waals surface area contributed by atoms with E-state index in [0.29, 0.717) is 6.61 Å². The third-order valence-electron chi connectivity index (χ3n) is 4.32. The molecule has 0 fully saturated rings. The lowest BCUT2D eigenvalue weighted by molar-refractivity contribution is 0.306. The number of nitrogens with one attached hydrogen (secondary N) is 1. The van der Waals surface area contributed by atoms with E-state index in [1.807, 2.05) is 61.5 Å². The highest BCUT2D eigenvalue weighted by Gasteiger charge is 2.08. The van der Waals surface area contributed by atoms with Gasteiger partial charge in [0, 0.05) is 22.2 Å². The highest BCUT2D eigenvalue weighted by Crippen LogP contribution is 2.29. The van der Waals surface area contributed by atoms with Crippen molar-refractivity contribution in [1.29, 1.82) is 0 Å². The lowest BCUT2D eigenvalue weighted by Gasteiger charge is -2.06. The van der Waals surface area contributed by atoms with Gasteiger partial charge in [0.05, 0.1) is 0 Å². The summed E-state index contributed by atoms with van der Waals surface area (Å²) >= 11 is 0. The molecule has 0 aliphatic rings. The van der Waals surface area contributed by atoms with Crippen LogP contribution in [-0.4, -0.2) is 4.98 Å². The summed E-state index contributed by atoms with van der Waals surface area (Å²) in [5.74, 6) is 0.617. The molecule has 25 heavy (non-hydrogen) atoms. The molecular formula is C22H18FNO. The van der Waals surface area contributed by atoms with Crippen LogP contribution < -0.4 is 4.74 Å². The minimum Gasteiger partial charge on any atom is -0.489 e. The number of aromatic nitrogens is 1. The summed E-state index contributed by atoms with van der Waals surface area (Å²) in [7, 11) is 0. The summed E-state index contributed by atoms with van der Waals surface area (Å²) < 4.78 is 19.2. The second-order valence-electron chi connectivity index (χ2n) is 6.17. The molecule has 3 aromatic carbocycles. The van der Waals surface area contributed by atoms with Crippen LogP contribution in [0.4, 0.5) is 4.39 Å². The first kappa shape index (κ1) is 15.5. The number of H-pyrrole nitrogens is 1. The predicted octanol–water partition coefficient (Wildman–Crippen LogP) is 5.86.